The maximum absolute atomic E-state index is 9.94. The first-order valence-corrected chi connectivity index (χ1v) is 14.0. The van der Waals surface area contributed by atoms with E-state index in [1.165, 1.54) is 135 Å². The number of rotatable bonds is 23. The molecule has 0 radical (unpaired) electrons. The molecule has 1 heteroatoms. The molecule has 1 nitrogen and oxygen atoms in total. The summed E-state index contributed by atoms with van der Waals surface area (Å²) < 4.78 is 0. The highest BCUT2D eigenvalue weighted by atomic mass is 16.3. The zero-order chi connectivity index (χ0) is 22.0. The second-order valence-corrected chi connectivity index (χ2v) is 9.45. The van der Waals surface area contributed by atoms with Crippen LogP contribution in [0.4, 0.5) is 0 Å². The van der Waals surface area contributed by atoms with Crippen molar-refractivity contribution in [3.63, 3.8) is 0 Å². The highest BCUT2D eigenvalue weighted by molar-refractivity contribution is 5.04. The minimum Gasteiger partial charge on any atom is -0.380 e. The second kappa shape index (κ2) is 26.6. The summed E-state index contributed by atoms with van der Waals surface area (Å²) in [6.07, 6.45) is 31.7. The molecule has 0 aliphatic heterocycles. The Labute approximate surface area is 191 Å². The summed E-state index contributed by atoms with van der Waals surface area (Å²) in [5.41, 5.74) is 0. The SMILES string of the molecule is CCCCCCCC#C[C@@H](O)CCCCCCCCCCCCCCCCCCC. The Balaban J connectivity index is 3.18. The van der Waals surface area contributed by atoms with Gasteiger partial charge in [-0.25, -0.2) is 0 Å². The van der Waals surface area contributed by atoms with Crippen molar-refractivity contribution in [1.82, 2.24) is 0 Å². The molecule has 0 aromatic carbocycles. The van der Waals surface area contributed by atoms with Gasteiger partial charge in [0.1, 0.15) is 6.10 Å². The summed E-state index contributed by atoms with van der Waals surface area (Å²) >= 11 is 0. The van der Waals surface area contributed by atoms with Crippen LogP contribution in [0.1, 0.15) is 168 Å². The van der Waals surface area contributed by atoms with Gasteiger partial charge >= 0.3 is 0 Å². The molecule has 0 bridgehead atoms. The van der Waals surface area contributed by atoms with Crippen LogP contribution in [0.15, 0.2) is 0 Å². The Morgan fingerprint density at radius 3 is 1.20 bits per heavy atom. The van der Waals surface area contributed by atoms with Crippen LogP contribution in [0.25, 0.3) is 0 Å². The molecule has 30 heavy (non-hydrogen) atoms. The maximum atomic E-state index is 9.94. The summed E-state index contributed by atoms with van der Waals surface area (Å²) in [7, 11) is 0. The van der Waals surface area contributed by atoms with Crippen molar-refractivity contribution < 1.29 is 5.11 Å². The van der Waals surface area contributed by atoms with Crippen LogP contribution < -0.4 is 0 Å². The van der Waals surface area contributed by atoms with Crippen molar-refractivity contribution >= 4 is 0 Å². The fourth-order valence-electron chi connectivity index (χ4n) is 4.14. The summed E-state index contributed by atoms with van der Waals surface area (Å²) in [6.45, 7) is 4.54. The van der Waals surface area contributed by atoms with Gasteiger partial charge in [-0.2, -0.15) is 0 Å². The Morgan fingerprint density at radius 1 is 0.467 bits per heavy atom. The predicted molar refractivity (Wildman–Crippen MR) is 136 cm³/mol. The lowest BCUT2D eigenvalue weighted by molar-refractivity contribution is 0.217. The molecule has 178 valence electrons. The van der Waals surface area contributed by atoms with Crippen molar-refractivity contribution in [3.8, 4) is 11.8 Å². The van der Waals surface area contributed by atoms with Gasteiger partial charge in [0, 0.05) is 6.42 Å². The first kappa shape index (κ1) is 29.5. The molecule has 0 unspecified atom stereocenters. The smallest absolute Gasteiger partial charge is 0.114 e. The molecule has 0 fully saturated rings. The lowest BCUT2D eigenvalue weighted by Gasteiger charge is -2.05. The summed E-state index contributed by atoms with van der Waals surface area (Å²) in [5.74, 6) is 6.20. The Hall–Kier alpha value is -0.480. The summed E-state index contributed by atoms with van der Waals surface area (Å²) in [4.78, 5) is 0. The van der Waals surface area contributed by atoms with Crippen molar-refractivity contribution in [3.05, 3.63) is 0 Å². The Bertz CT molecular complexity index is 364. The quantitative estimate of drug-likeness (QED) is 0.129. The van der Waals surface area contributed by atoms with Crippen LogP contribution in [-0.2, 0) is 0 Å². The van der Waals surface area contributed by atoms with E-state index in [4.69, 9.17) is 0 Å². The molecule has 0 saturated carbocycles. The molecular formula is C29H56O. The number of unbranched alkanes of at least 4 members (excludes halogenated alkanes) is 21. The van der Waals surface area contributed by atoms with Crippen LogP contribution in [0.3, 0.4) is 0 Å². The predicted octanol–water partition coefficient (Wildman–Crippen LogP) is 9.75. The molecular weight excluding hydrogens is 364 g/mol. The van der Waals surface area contributed by atoms with Crippen molar-refractivity contribution in [2.45, 2.75) is 174 Å². The fourth-order valence-corrected chi connectivity index (χ4v) is 4.14. The van der Waals surface area contributed by atoms with Crippen LogP contribution >= 0.6 is 0 Å². The van der Waals surface area contributed by atoms with E-state index in [2.05, 4.69) is 25.7 Å². The largest absolute Gasteiger partial charge is 0.380 e. The normalized spacial score (nSPS) is 12.0. The minimum atomic E-state index is -0.392. The summed E-state index contributed by atoms with van der Waals surface area (Å²) in [6, 6.07) is 0. The maximum Gasteiger partial charge on any atom is 0.114 e. The van der Waals surface area contributed by atoms with Crippen LogP contribution in [-0.4, -0.2) is 11.2 Å². The van der Waals surface area contributed by atoms with E-state index in [-0.39, 0.29) is 0 Å². The molecule has 0 amide bonds. The molecule has 0 aliphatic rings. The fraction of sp³-hybridized carbons (Fsp3) is 0.931. The van der Waals surface area contributed by atoms with Gasteiger partial charge in [-0.1, -0.05) is 148 Å². The van der Waals surface area contributed by atoms with E-state index in [1.807, 2.05) is 0 Å². The monoisotopic (exact) mass is 420 g/mol. The summed E-state index contributed by atoms with van der Waals surface area (Å²) in [5, 5.41) is 9.94. The number of aliphatic hydroxyl groups is 1. The van der Waals surface area contributed by atoms with Crippen LogP contribution in [0.5, 0.6) is 0 Å². The van der Waals surface area contributed by atoms with Gasteiger partial charge in [0.15, 0.2) is 0 Å². The average Bonchev–Trinajstić information content (AvgIpc) is 2.75. The van der Waals surface area contributed by atoms with Gasteiger partial charge in [-0.15, -0.1) is 5.92 Å². The molecule has 1 N–H and O–H groups in total. The van der Waals surface area contributed by atoms with E-state index in [9.17, 15) is 5.11 Å². The van der Waals surface area contributed by atoms with E-state index in [1.54, 1.807) is 0 Å². The highest BCUT2D eigenvalue weighted by Gasteiger charge is 1.99. The number of hydrogen-bond donors (Lipinski definition) is 1. The standard InChI is InChI=1S/C29H56O/c1-3-5-7-9-11-12-13-14-15-16-17-18-19-20-22-24-26-28-29(30)27-25-23-21-10-8-6-4-2/h29-30H,3-24,26,28H2,1-2H3/t29-/m1/s1. The van der Waals surface area contributed by atoms with Gasteiger partial charge < -0.3 is 5.11 Å². The highest BCUT2D eigenvalue weighted by Crippen LogP contribution is 2.14. The molecule has 0 aromatic rings. The third-order valence-electron chi connectivity index (χ3n) is 6.26. The first-order chi connectivity index (χ1) is 14.8. The molecule has 0 aromatic heterocycles. The third kappa shape index (κ3) is 25.6. The van der Waals surface area contributed by atoms with Crippen molar-refractivity contribution in [1.29, 1.82) is 0 Å². The zero-order valence-corrected chi connectivity index (χ0v) is 21.0. The molecule has 0 heterocycles. The van der Waals surface area contributed by atoms with Gasteiger partial charge in [0.25, 0.3) is 0 Å². The van der Waals surface area contributed by atoms with Crippen LogP contribution in [0, 0.1) is 11.8 Å². The Kier molecular flexibility index (Phi) is 26.1. The van der Waals surface area contributed by atoms with Gasteiger partial charge in [-0.05, 0) is 19.3 Å². The van der Waals surface area contributed by atoms with Crippen LogP contribution in [0.2, 0.25) is 0 Å². The number of hydrogen-bond acceptors (Lipinski definition) is 1. The van der Waals surface area contributed by atoms with Gasteiger partial charge in [-0.3, -0.25) is 0 Å². The van der Waals surface area contributed by atoms with E-state index in [0.29, 0.717) is 0 Å². The van der Waals surface area contributed by atoms with E-state index < -0.39 is 6.10 Å². The minimum absolute atomic E-state index is 0.392. The van der Waals surface area contributed by atoms with E-state index in [0.717, 1.165) is 19.3 Å². The topological polar surface area (TPSA) is 20.2 Å². The molecule has 0 aliphatic carbocycles. The molecule has 0 saturated heterocycles. The first-order valence-electron chi connectivity index (χ1n) is 14.0. The second-order valence-electron chi connectivity index (χ2n) is 9.45. The molecule has 1 atom stereocenters. The number of aliphatic hydroxyl groups excluding tert-OH is 1. The molecule has 0 rings (SSSR count). The van der Waals surface area contributed by atoms with E-state index >= 15 is 0 Å². The Morgan fingerprint density at radius 2 is 0.800 bits per heavy atom. The lowest BCUT2D eigenvalue weighted by atomic mass is 10.0. The zero-order valence-electron chi connectivity index (χ0n) is 21.0. The lowest BCUT2D eigenvalue weighted by Crippen LogP contribution is -2.02. The molecule has 0 spiro atoms. The van der Waals surface area contributed by atoms with Crippen molar-refractivity contribution in [2.24, 2.45) is 0 Å². The van der Waals surface area contributed by atoms with Gasteiger partial charge in [0.2, 0.25) is 0 Å². The van der Waals surface area contributed by atoms with Crippen molar-refractivity contribution in [2.75, 3.05) is 0 Å². The van der Waals surface area contributed by atoms with Gasteiger partial charge in [0.05, 0.1) is 0 Å². The third-order valence-corrected chi connectivity index (χ3v) is 6.26. The average molecular weight is 421 g/mol.